The lowest BCUT2D eigenvalue weighted by Gasteiger charge is -2.23. The normalized spacial score (nSPS) is 28.9. The van der Waals surface area contributed by atoms with E-state index in [0.717, 1.165) is 24.5 Å². The number of rotatable bonds is 2. The molecule has 6 heteroatoms. The molecule has 0 radical (unpaired) electrons. The fourth-order valence-electron chi connectivity index (χ4n) is 3.20. The first-order valence-electron chi connectivity index (χ1n) is 6.62. The van der Waals surface area contributed by atoms with Gasteiger partial charge in [0.1, 0.15) is 5.69 Å². The SMILES string of the molecule is O=C(N[C@H]1C[C@@H]2CN[C@@H]1C2)c1cn2ccnc2cn1. The molecule has 1 saturated carbocycles. The van der Waals surface area contributed by atoms with Gasteiger partial charge in [-0.1, -0.05) is 0 Å². The lowest BCUT2D eigenvalue weighted by molar-refractivity contribution is 0.0923. The van der Waals surface area contributed by atoms with Gasteiger partial charge >= 0.3 is 0 Å². The lowest BCUT2D eigenvalue weighted by atomic mass is 10.1. The zero-order chi connectivity index (χ0) is 12.8. The van der Waals surface area contributed by atoms with E-state index in [2.05, 4.69) is 20.6 Å². The number of fused-ring (bicyclic) bond motifs is 3. The fourth-order valence-corrected chi connectivity index (χ4v) is 3.20. The van der Waals surface area contributed by atoms with Gasteiger partial charge in [-0.25, -0.2) is 9.97 Å². The number of amides is 1. The zero-order valence-corrected chi connectivity index (χ0v) is 10.4. The summed E-state index contributed by atoms with van der Waals surface area (Å²) in [4.78, 5) is 20.5. The number of carbonyl (C=O) groups is 1. The van der Waals surface area contributed by atoms with Crippen LogP contribution in [0.15, 0.2) is 24.8 Å². The Balaban J connectivity index is 1.53. The number of hydrogen-bond acceptors (Lipinski definition) is 4. The maximum absolute atomic E-state index is 12.2. The van der Waals surface area contributed by atoms with Gasteiger partial charge in [-0.15, -0.1) is 0 Å². The number of aromatic nitrogens is 3. The van der Waals surface area contributed by atoms with Crippen molar-refractivity contribution in [1.82, 2.24) is 25.0 Å². The minimum Gasteiger partial charge on any atom is -0.346 e. The maximum atomic E-state index is 12.2. The molecule has 2 N–H and O–H groups in total. The summed E-state index contributed by atoms with van der Waals surface area (Å²) in [5, 5.41) is 6.52. The molecule has 1 aliphatic carbocycles. The Morgan fingerprint density at radius 3 is 3.16 bits per heavy atom. The third-order valence-electron chi connectivity index (χ3n) is 4.16. The van der Waals surface area contributed by atoms with E-state index in [9.17, 15) is 4.79 Å². The van der Waals surface area contributed by atoms with Gasteiger partial charge < -0.3 is 15.0 Å². The Bertz CT molecular complexity index is 637. The summed E-state index contributed by atoms with van der Waals surface area (Å²) in [6, 6.07) is 0.678. The topological polar surface area (TPSA) is 71.3 Å². The van der Waals surface area contributed by atoms with Gasteiger partial charge in [0, 0.05) is 30.7 Å². The van der Waals surface area contributed by atoms with Crippen molar-refractivity contribution in [2.75, 3.05) is 6.54 Å². The monoisotopic (exact) mass is 257 g/mol. The molecule has 98 valence electrons. The third-order valence-corrected chi connectivity index (χ3v) is 4.16. The van der Waals surface area contributed by atoms with Crippen molar-refractivity contribution in [2.45, 2.75) is 24.9 Å². The van der Waals surface area contributed by atoms with E-state index in [-0.39, 0.29) is 11.9 Å². The van der Waals surface area contributed by atoms with Gasteiger partial charge in [-0.2, -0.15) is 0 Å². The Kier molecular flexibility index (Phi) is 2.32. The maximum Gasteiger partial charge on any atom is 0.271 e. The molecular formula is C13H15N5O. The Hall–Kier alpha value is -1.95. The van der Waals surface area contributed by atoms with Gasteiger partial charge in [0.15, 0.2) is 5.65 Å². The van der Waals surface area contributed by atoms with Gasteiger partial charge in [-0.3, -0.25) is 4.79 Å². The van der Waals surface area contributed by atoms with Crippen LogP contribution in [-0.4, -0.2) is 38.9 Å². The number of hydrogen-bond donors (Lipinski definition) is 2. The lowest BCUT2D eigenvalue weighted by Crippen LogP contribution is -2.48. The molecule has 2 fully saturated rings. The number of imidazole rings is 1. The molecule has 0 unspecified atom stereocenters. The first-order chi connectivity index (χ1) is 9.29. The van der Waals surface area contributed by atoms with Crippen LogP contribution in [0.4, 0.5) is 0 Å². The quantitative estimate of drug-likeness (QED) is 0.807. The summed E-state index contributed by atoms with van der Waals surface area (Å²) in [7, 11) is 0. The van der Waals surface area contributed by atoms with Crippen LogP contribution in [0.1, 0.15) is 23.3 Å². The molecule has 19 heavy (non-hydrogen) atoms. The third kappa shape index (κ3) is 1.79. The molecular weight excluding hydrogens is 242 g/mol. The van der Waals surface area contributed by atoms with Gasteiger partial charge in [-0.05, 0) is 25.3 Å². The number of carbonyl (C=O) groups excluding carboxylic acids is 1. The molecule has 1 amide bonds. The van der Waals surface area contributed by atoms with Crippen LogP contribution in [0.5, 0.6) is 0 Å². The van der Waals surface area contributed by atoms with E-state index in [1.165, 1.54) is 6.42 Å². The van der Waals surface area contributed by atoms with Crippen LogP contribution >= 0.6 is 0 Å². The summed E-state index contributed by atoms with van der Waals surface area (Å²) < 4.78 is 1.81. The molecule has 2 aromatic heterocycles. The predicted molar refractivity (Wildman–Crippen MR) is 68.8 cm³/mol. The van der Waals surface area contributed by atoms with Crippen LogP contribution in [0.3, 0.4) is 0 Å². The Labute approximate surface area is 110 Å². The van der Waals surface area contributed by atoms with E-state index in [0.29, 0.717) is 11.7 Å². The molecule has 2 aromatic rings. The van der Waals surface area contributed by atoms with Crippen molar-refractivity contribution in [3.63, 3.8) is 0 Å². The molecule has 1 aliphatic heterocycles. The summed E-state index contributed by atoms with van der Waals surface area (Å²) in [6.07, 6.45) is 9.10. The first kappa shape index (κ1) is 10.9. The zero-order valence-electron chi connectivity index (χ0n) is 10.4. The van der Waals surface area contributed by atoms with Crippen LogP contribution in [0, 0.1) is 5.92 Å². The highest BCUT2D eigenvalue weighted by Gasteiger charge is 2.40. The highest BCUT2D eigenvalue weighted by molar-refractivity contribution is 5.92. The predicted octanol–water partition coefficient (Wildman–Crippen LogP) is 0.209. The van der Waals surface area contributed by atoms with Crippen molar-refractivity contribution < 1.29 is 4.79 Å². The Morgan fingerprint density at radius 1 is 1.42 bits per heavy atom. The van der Waals surface area contributed by atoms with E-state index >= 15 is 0 Å². The second-order valence-corrected chi connectivity index (χ2v) is 5.40. The average molecular weight is 257 g/mol. The van der Waals surface area contributed by atoms with Crippen molar-refractivity contribution in [2.24, 2.45) is 5.92 Å². The van der Waals surface area contributed by atoms with Crippen molar-refractivity contribution in [1.29, 1.82) is 0 Å². The number of nitrogens with one attached hydrogen (secondary N) is 2. The van der Waals surface area contributed by atoms with Crippen LogP contribution in [0.2, 0.25) is 0 Å². The number of piperidine rings is 1. The molecule has 2 aliphatic rings. The van der Waals surface area contributed by atoms with E-state index in [4.69, 9.17) is 0 Å². The molecule has 0 spiro atoms. The van der Waals surface area contributed by atoms with Crippen LogP contribution in [-0.2, 0) is 0 Å². The van der Waals surface area contributed by atoms with E-state index < -0.39 is 0 Å². The molecule has 6 nitrogen and oxygen atoms in total. The summed E-state index contributed by atoms with van der Waals surface area (Å²) in [5.41, 5.74) is 1.19. The van der Waals surface area contributed by atoms with E-state index in [1.807, 2.05) is 6.20 Å². The van der Waals surface area contributed by atoms with Crippen molar-refractivity contribution in [3.8, 4) is 0 Å². The van der Waals surface area contributed by atoms with Crippen molar-refractivity contribution >= 4 is 11.6 Å². The van der Waals surface area contributed by atoms with Gasteiger partial charge in [0.25, 0.3) is 5.91 Å². The van der Waals surface area contributed by atoms with Crippen LogP contribution < -0.4 is 10.6 Å². The van der Waals surface area contributed by atoms with E-state index in [1.54, 1.807) is 23.0 Å². The highest BCUT2D eigenvalue weighted by atomic mass is 16.2. The molecule has 0 aromatic carbocycles. The molecule has 1 saturated heterocycles. The largest absolute Gasteiger partial charge is 0.346 e. The number of nitrogens with zero attached hydrogens (tertiary/aromatic N) is 3. The highest BCUT2D eigenvalue weighted by Crippen LogP contribution is 2.31. The first-order valence-corrected chi connectivity index (χ1v) is 6.62. The second-order valence-electron chi connectivity index (χ2n) is 5.40. The average Bonchev–Trinajstić information content (AvgIpc) is 3.13. The Morgan fingerprint density at radius 2 is 2.37 bits per heavy atom. The van der Waals surface area contributed by atoms with Gasteiger partial charge in [0.2, 0.25) is 0 Å². The fraction of sp³-hybridized carbons (Fsp3) is 0.462. The standard InChI is InChI=1S/C13H15N5O/c19-13(17-10-4-8-3-9(10)15-5-8)11-7-18-2-1-14-12(18)6-16-11/h1-2,6-10,15H,3-5H2,(H,17,19)/t8-,9-,10+/m1/s1. The summed E-state index contributed by atoms with van der Waals surface area (Å²) in [6.45, 7) is 1.09. The van der Waals surface area contributed by atoms with Crippen molar-refractivity contribution in [3.05, 3.63) is 30.5 Å². The van der Waals surface area contributed by atoms with Gasteiger partial charge in [0.05, 0.1) is 6.20 Å². The minimum absolute atomic E-state index is 0.102. The molecule has 2 bridgehead atoms. The smallest absolute Gasteiger partial charge is 0.271 e. The molecule has 3 heterocycles. The second kappa shape index (κ2) is 4.03. The summed E-state index contributed by atoms with van der Waals surface area (Å²) in [5.74, 6) is 0.620. The summed E-state index contributed by atoms with van der Waals surface area (Å²) >= 11 is 0. The molecule has 3 atom stereocenters. The van der Waals surface area contributed by atoms with Crippen LogP contribution in [0.25, 0.3) is 5.65 Å². The molecule has 4 rings (SSSR count). The minimum atomic E-state index is -0.102.